The number of benzene rings is 4. The van der Waals surface area contributed by atoms with Gasteiger partial charge in [-0.15, -0.1) is 0 Å². The summed E-state index contributed by atoms with van der Waals surface area (Å²) in [6, 6.07) is 15.0. The Hall–Kier alpha value is -6.70. The van der Waals surface area contributed by atoms with Gasteiger partial charge in [0, 0.05) is 12.8 Å². The predicted octanol–water partition coefficient (Wildman–Crippen LogP) is 8.14. The molecule has 0 aliphatic heterocycles. The molecule has 8 N–H and O–H groups in total. The second kappa shape index (κ2) is 19.0. The van der Waals surface area contributed by atoms with Crippen LogP contribution in [0.1, 0.15) is 171 Å². The number of carbonyl (C=O) groups is 6. The van der Waals surface area contributed by atoms with Crippen molar-refractivity contribution in [2.75, 3.05) is 0 Å². The summed E-state index contributed by atoms with van der Waals surface area (Å²) in [6.07, 6.45) is 0.486. The number of hydrogen-bond acceptors (Lipinski definition) is 8. The summed E-state index contributed by atoms with van der Waals surface area (Å²) < 4.78 is 0. The average molecular weight is 879 g/mol. The molecule has 4 aromatic rings. The zero-order chi connectivity index (χ0) is 48.3. The first kappa shape index (κ1) is 50.0. The summed E-state index contributed by atoms with van der Waals surface area (Å²) in [7, 11) is 0. The van der Waals surface area contributed by atoms with Gasteiger partial charge < -0.3 is 20.4 Å². The number of carboxylic acids is 2. The summed E-state index contributed by atoms with van der Waals surface area (Å²) in [4.78, 5) is 77.1. The zero-order valence-electron chi connectivity index (χ0n) is 38.8. The lowest BCUT2D eigenvalue weighted by atomic mass is 9.78. The van der Waals surface area contributed by atoms with Gasteiger partial charge in [0.2, 0.25) is 11.8 Å². The number of phenolic OH excluding ortho intramolecular Hbond substituents is 2. The highest BCUT2D eigenvalue weighted by atomic mass is 16.4. The molecule has 64 heavy (non-hydrogen) atoms. The molecule has 0 fully saturated rings. The molecular formula is C50H62N4O10. The van der Waals surface area contributed by atoms with E-state index in [1.165, 1.54) is 36.4 Å². The van der Waals surface area contributed by atoms with E-state index >= 15 is 0 Å². The molecule has 0 atom stereocenters. The van der Waals surface area contributed by atoms with Gasteiger partial charge in [-0.2, -0.15) is 0 Å². The van der Waals surface area contributed by atoms with Crippen molar-refractivity contribution < 1.29 is 49.2 Å². The molecule has 4 rings (SSSR count). The van der Waals surface area contributed by atoms with E-state index in [1.807, 2.05) is 107 Å². The summed E-state index contributed by atoms with van der Waals surface area (Å²) in [5.74, 6) is -5.43. The molecule has 0 saturated carbocycles. The maximum Gasteiger partial charge on any atom is 0.336 e. The number of nitrogens with one attached hydrogen (secondary N) is 4. The van der Waals surface area contributed by atoms with Crippen molar-refractivity contribution in [3.8, 4) is 22.6 Å². The summed E-state index contributed by atoms with van der Waals surface area (Å²) in [5, 5.41) is 41.9. The van der Waals surface area contributed by atoms with Crippen molar-refractivity contribution in [2.24, 2.45) is 0 Å². The lowest BCUT2D eigenvalue weighted by Gasteiger charge is -2.28. The Kier molecular flexibility index (Phi) is 14.8. The van der Waals surface area contributed by atoms with Crippen LogP contribution in [0.3, 0.4) is 0 Å². The molecule has 14 heteroatoms. The minimum absolute atomic E-state index is 0.0414. The molecule has 4 aromatic carbocycles. The van der Waals surface area contributed by atoms with Crippen molar-refractivity contribution in [2.45, 2.75) is 130 Å². The number of phenols is 2. The van der Waals surface area contributed by atoms with Gasteiger partial charge >= 0.3 is 11.9 Å². The number of rotatable bonds is 11. The number of carbonyl (C=O) groups excluding carboxylic acids is 4. The Morgan fingerprint density at radius 2 is 0.703 bits per heavy atom. The Morgan fingerprint density at radius 1 is 0.422 bits per heavy atom. The Labute approximate surface area is 374 Å². The third-order valence-corrected chi connectivity index (χ3v) is 10.8. The fraction of sp³-hybridized carbons (Fsp3) is 0.400. The van der Waals surface area contributed by atoms with Crippen LogP contribution in [-0.2, 0) is 44.1 Å². The van der Waals surface area contributed by atoms with Crippen LogP contribution in [0, 0.1) is 0 Å². The molecule has 4 amide bonds. The van der Waals surface area contributed by atoms with Gasteiger partial charge in [-0.3, -0.25) is 40.9 Å². The smallest absolute Gasteiger partial charge is 0.336 e. The second-order valence-corrected chi connectivity index (χ2v) is 20.2. The van der Waals surface area contributed by atoms with Gasteiger partial charge in [-0.05, 0) is 103 Å². The van der Waals surface area contributed by atoms with Crippen LogP contribution in [0.4, 0.5) is 0 Å². The fourth-order valence-electron chi connectivity index (χ4n) is 7.19. The van der Waals surface area contributed by atoms with Gasteiger partial charge in [0.15, 0.2) is 0 Å². The van der Waals surface area contributed by atoms with E-state index in [2.05, 4.69) is 21.7 Å². The highest BCUT2D eigenvalue weighted by molar-refractivity contribution is 6.08. The predicted molar refractivity (Wildman–Crippen MR) is 245 cm³/mol. The van der Waals surface area contributed by atoms with Crippen LogP contribution in [-0.4, -0.2) is 56.0 Å². The molecule has 0 unspecified atom stereocenters. The number of aromatic carboxylic acids is 2. The maximum absolute atomic E-state index is 13.4. The zero-order valence-corrected chi connectivity index (χ0v) is 38.8. The Morgan fingerprint density at radius 3 is 0.953 bits per heavy atom. The van der Waals surface area contributed by atoms with E-state index < -0.39 is 35.6 Å². The maximum atomic E-state index is 13.4. The van der Waals surface area contributed by atoms with Crippen LogP contribution in [0.25, 0.3) is 11.1 Å². The lowest BCUT2D eigenvalue weighted by molar-refractivity contribution is -0.122. The van der Waals surface area contributed by atoms with Gasteiger partial charge in [0.1, 0.15) is 11.5 Å². The summed E-state index contributed by atoms with van der Waals surface area (Å²) in [5.41, 5.74) is 11.4. The Bertz CT molecular complexity index is 2250. The van der Waals surface area contributed by atoms with Crippen LogP contribution in [0.5, 0.6) is 11.5 Å². The minimum Gasteiger partial charge on any atom is -0.507 e. The van der Waals surface area contributed by atoms with E-state index in [-0.39, 0.29) is 92.2 Å². The SMILES string of the molecule is CC(C)(C)c1cc(CCC(=O)NNC(=O)c2cc(-c3ccc(C(=O)O)c(C(=O)NNC(=O)CCc4cc(C(C)(C)C)c(O)c(C(C)(C)C)c4)c3)ccc2C(=O)O)cc(C(C)(C)C)c1O. The topological polar surface area (TPSA) is 231 Å². The van der Waals surface area contributed by atoms with Crippen molar-refractivity contribution in [3.05, 3.63) is 116 Å². The highest BCUT2D eigenvalue weighted by Gasteiger charge is 2.29. The van der Waals surface area contributed by atoms with E-state index in [4.69, 9.17) is 0 Å². The molecular weight excluding hydrogens is 817 g/mol. The largest absolute Gasteiger partial charge is 0.507 e. The molecule has 14 nitrogen and oxygen atoms in total. The molecule has 0 radical (unpaired) electrons. The van der Waals surface area contributed by atoms with Crippen LogP contribution >= 0.6 is 0 Å². The van der Waals surface area contributed by atoms with Crippen LogP contribution < -0.4 is 21.7 Å². The van der Waals surface area contributed by atoms with Gasteiger partial charge in [-0.1, -0.05) is 119 Å². The summed E-state index contributed by atoms with van der Waals surface area (Å²) in [6.45, 7) is 23.8. The lowest BCUT2D eigenvalue weighted by Crippen LogP contribution is -2.42. The normalized spacial score (nSPS) is 12.0. The third-order valence-electron chi connectivity index (χ3n) is 10.8. The number of amides is 4. The van der Waals surface area contributed by atoms with Gasteiger partial charge in [0.25, 0.3) is 11.8 Å². The number of carboxylic acid groups (broad SMARTS) is 2. The number of aromatic hydroxyl groups is 2. The highest BCUT2D eigenvalue weighted by Crippen LogP contribution is 2.41. The molecule has 0 spiro atoms. The third kappa shape index (κ3) is 12.3. The molecule has 0 bridgehead atoms. The van der Waals surface area contributed by atoms with Gasteiger partial charge in [-0.25, -0.2) is 9.59 Å². The van der Waals surface area contributed by atoms with E-state index in [0.29, 0.717) is 0 Å². The Balaban J connectivity index is 1.49. The van der Waals surface area contributed by atoms with Crippen LogP contribution in [0.2, 0.25) is 0 Å². The number of hydrogen-bond donors (Lipinski definition) is 8. The fourth-order valence-corrected chi connectivity index (χ4v) is 7.19. The van der Waals surface area contributed by atoms with E-state index in [9.17, 15) is 49.2 Å². The summed E-state index contributed by atoms with van der Waals surface area (Å²) >= 11 is 0. The van der Waals surface area contributed by atoms with Crippen LogP contribution in [0.15, 0.2) is 60.7 Å². The molecule has 0 heterocycles. The molecule has 342 valence electrons. The number of aryl methyl sites for hydroxylation is 2. The van der Waals surface area contributed by atoms with Crippen molar-refractivity contribution >= 4 is 35.6 Å². The average Bonchev–Trinajstić information content (AvgIpc) is 3.18. The molecule has 0 aromatic heterocycles. The quantitative estimate of drug-likeness (QED) is 0.0674. The standard InChI is InChI=1S/C50H62N4O10/c1-47(2,3)35-21-27(22-36(41(35)57)48(4,5)6)13-19-39(55)51-53-43(59)33-25-29(15-17-31(33)45(61)62)30-16-18-32(46(63)64)34(26-30)44(60)54-52-40(56)20-14-28-23-37(49(7,8)9)42(58)38(24-28)50(10,11)12/h15-18,21-26,57-58H,13-14,19-20H2,1-12H3,(H,51,55)(H,52,56)(H,53,59)(H,54,60)(H,61,62)(H,63,64). The first-order valence-corrected chi connectivity index (χ1v) is 21.1. The second-order valence-electron chi connectivity index (χ2n) is 20.2. The van der Waals surface area contributed by atoms with Gasteiger partial charge in [0.05, 0.1) is 22.3 Å². The molecule has 0 aliphatic carbocycles. The van der Waals surface area contributed by atoms with E-state index in [0.717, 1.165) is 33.4 Å². The minimum atomic E-state index is -1.42. The first-order valence-electron chi connectivity index (χ1n) is 21.1. The monoisotopic (exact) mass is 878 g/mol. The van der Waals surface area contributed by atoms with Crippen molar-refractivity contribution in [1.82, 2.24) is 21.7 Å². The molecule has 0 aliphatic rings. The number of hydrazine groups is 2. The first-order chi connectivity index (χ1) is 29.4. The van der Waals surface area contributed by atoms with Crippen molar-refractivity contribution in [1.29, 1.82) is 0 Å². The molecule has 0 saturated heterocycles. The van der Waals surface area contributed by atoms with Crippen molar-refractivity contribution in [3.63, 3.8) is 0 Å². The van der Waals surface area contributed by atoms with E-state index in [1.54, 1.807) is 0 Å².